The molecule has 1 heterocycles. The van der Waals surface area contributed by atoms with Gasteiger partial charge in [0.15, 0.2) is 0 Å². The second-order valence-electron chi connectivity index (χ2n) is 1.27. The molecule has 1 N–H and O–H groups in total. The van der Waals surface area contributed by atoms with Gasteiger partial charge in [0.1, 0.15) is 0 Å². The molecule has 0 fully saturated rings. The summed E-state index contributed by atoms with van der Waals surface area (Å²) in [6.07, 6.45) is 1.29. The zero-order chi connectivity index (χ0) is 5.82. The molecule has 0 saturated heterocycles. The molecule has 4 heteroatoms. The van der Waals surface area contributed by atoms with Gasteiger partial charge in [-0.2, -0.15) is 0 Å². The maximum absolute atomic E-state index is 4.74. The summed E-state index contributed by atoms with van der Waals surface area (Å²) >= 11 is 0. The average molecular weight is 113 g/mol. The summed E-state index contributed by atoms with van der Waals surface area (Å²) in [6.45, 7) is 2.77. The van der Waals surface area contributed by atoms with Crippen LogP contribution in [0.15, 0.2) is 10.8 Å². The van der Waals surface area contributed by atoms with Gasteiger partial charge in [-0.05, 0) is 6.92 Å². The highest BCUT2D eigenvalue weighted by molar-refractivity contribution is 5.13. The van der Waals surface area contributed by atoms with Gasteiger partial charge in [0.25, 0.3) is 0 Å². The van der Waals surface area contributed by atoms with Crippen molar-refractivity contribution in [1.29, 1.82) is 0 Å². The third kappa shape index (κ3) is 0.959. The zero-order valence-electron chi connectivity index (χ0n) is 4.59. The van der Waals surface area contributed by atoms with Crippen LogP contribution in [0.5, 0.6) is 0 Å². The molecule has 0 unspecified atom stereocenters. The van der Waals surface area contributed by atoms with Crippen LogP contribution in [0.2, 0.25) is 0 Å². The highest BCUT2D eigenvalue weighted by atomic mass is 16.4. The smallest absolute Gasteiger partial charge is 0.315 e. The van der Waals surface area contributed by atoms with Crippen molar-refractivity contribution in [3.63, 3.8) is 0 Å². The minimum atomic E-state index is 0.479. The molecule has 0 radical (unpaired) electrons. The first-order valence-electron chi connectivity index (χ1n) is 2.43. The standard InChI is InChI=1S/C4H7N3O/c1-2-5-4-7-6-3-8-4/h3H,2H2,1H3,(H,5,7). The van der Waals surface area contributed by atoms with E-state index < -0.39 is 0 Å². The Bertz CT molecular complexity index is 137. The average Bonchev–Trinajstić information content (AvgIpc) is 2.19. The lowest BCUT2D eigenvalue weighted by atomic mass is 10.8. The second kappa shape index (κ2) is 2.30. The van der Waals surface area contributed by atoms with E-state index in [1.54, 1.807) is 0 Å². The highest BCUT2D eigenvalue weighted by Gasteiger charge is 1.89. The normalized spacial score (nSPS) is 9.12. The van der Waals surface area contributed by atoms with Crippen LogP contribution in [-0.2, 0) is 0 Å². The summed E-state index contributed by atoms with van der Waals surface area (Å²) < 4.78 is 4.74. The van der Waals surface area contributed by atoms with E-state index in [2.05, 4.69) is 15.5 Å². The van der Waals surface area contributed by atoms with Gasteiger partial charge >= 0.3 is 6.01 Å². The summed E-state index contributed by atoms with van der Waals surface area (Å²) in [5.74, 6) is 0. The van der Waals surface area contributed by atoms with Crippen LogP contribution in [0.4, 0.5) is 6.01 Å². The molecule has 0 aliphatic carbocycles. The quantitative estimate of drug-likeness (QED) is 0.606. The van der Waals surface area contributed by atoms with Crippen LogP contribution >= 0.6 is 0 Å². The van der Waals surface area contributed by atoms with Gasteiger partial charge in [0, 0.05) is 6.54 Å². The Morgan fingerprint density at radius 1 is 1.88 bits per heavy atom. The van der Waals surface area contributed by atoms with Gasteiger partial charge in [-0.25, -0.2) is 0 Å². The summed E-state index contributed by atoms with van der Waals surface area (Å²) in [7, 11) is 0. The lowest BCUT2D eigenvalue weighted by Crippen LogP contribution is -1.95. The number of aromatic nitrogens is 2. The number of hydrogen-bond donors (Lipinski definition) is 1. The van der Waals surface area contributed by atoms with Crippen molar-refractivity contribution in [2.75, 3.05) is 11.9 Å². The van der Waals surface area contributed by atoms with E-state index in [1.165, 1.54) is 6.39 Å². The number of hydrogen-bond acceptors (Lipinski definition) is 4. The third-order valence-corrected chi connectivity index (χ3v) is 0.688. The van der Waals surface area contributed by atoms with Gasteiger partial charge in [-0.15, -0.1) is 5.10 Å². The molecule has 0 aromatic carbocycles. The van der Waals surface area contributed by atoms with E-state index in [0.717, 1.165) is 6.54 Å². The molecule has 0 amide bonds. The van der Waals surface area contributed by atoms with Crippen molar-refractivity contribution in [2.24, 2.45) is 0 Å². The fourth-order valence-electron chi connectivity index (χ4n) is 0.401. The molecular weight excluding hydrogens is 106 g/mol. The number of nitrogens with one attached hydrogen (secondary N) is 1. The van der Waals surface area contributed by atoms with E-state index in [0.29, 0.717) is 6.01 Å². The van der Waals surface area contributed by atoms with E-state index in [1.807, 2.05) is 6.92 Å². The SMILES string of the molecule is CCNc1nnco1. The first-order valence-corrected chi connectivity index (χ1v) is 2.43. The Kier molecular flexibility index (Phi) is 1.46. The van der Waals surface area contributed by atoms with Crippen LogP contribution < -0.4 is 5.32 Å². The molecule has 1 rings (SSSR count). The molecule has 0 atom stereocenters. The Labute approximate surface area is 46.9 Å². The van der Waals surface area contributed by atoms with Gasteiger partial charge in [0.2, 0.25) is 6.39 Å². The summed E-state index contributed by atoms with van der Waals surface area (Å²) in [5, 5.41) is 9.89. The van der Waals surface area contributed by atoms with Crippen LogP contribution in [-0.4, -0.2) is 16.7 Å². The highest BCUT2D eigenvalue weighted by Crippen LogP contribution is 1.95. The molecule has 1 aromatic heterocycles. The largest absolute Gasteiger partial charge is 0.411 e. The van der Waals surface area contributed by atoms with Crippen LogP contribution in [0.25, 0.3) is 0 Å². The molecule has 0 aliphatic heterocycles. The summed E-state index contributed by atoms with van der Waals surface area (Å²) in [5.41, 5.74) is 0. The molecule has 0 spiro atoms. The van der Waals surface area contributed by atoms with E-state index in [9.17, 15) is 0 Å². The maximum atomic E-state index is 4.74. The minimum absolute atomic E-state index is 0.479. The molecular formula is C4H7N3O. The number of rotatable bonds is 2. The van der Waals surface area contributed by atoms with E-state index in [4.69, 9.17) is 4.42 Å². The minimum Gasteiger partial charge on any atom is -0.411 e. The second-order valence-corrected chi connectivity index (χ2v) is 1.27. The van der Waals surface area contributed by atoms with Gasteiger partial charge in [0.05, 0.1) is 0 Å². The van der Waals surface area contributed by atoms with Crippen molar-refractivity contribution < 1.29 is 4.42 Å². The Hall–Kier alpha value is -1.06. The van der Waals surface area contributed by atoms with Crippen molar-refractivity contribution in [3.8, 4) is 0 Å². The topological polar surface area (TPSA) is 51.0 Å². The van der Waals surface area contributed by atoms with E-state index in [-0.39, 0.29) is 0 Å². The zero-order valence-corrected chi connectivity index (χ0v) is 4.59. The van der Waals surface area contributed by atoms with Crippen LogP contribution in [0.3, 0.4) is 0 Å². The van der Waals surface area contributed by atoms with Gasteiger partial charge in [-0.3, -0.25) is 0 Å². The van der Waals surface area contributed by atoms with E-state index >= 15 is 0 Å². The molecule has 44 valence electrons. The predicted octanol–water partition coefficient (Wildman–Crippen LogP) is 0.501. The fraction of sp³-hybridized carbons (Fsp3) is 0.500. The monoisotopic (exact) mass is 113 g/mol. The molecule has 0 saturated carbocycles. The summed E-state index contributed by atoms with van der Waals surface area (Å²) in [4.78, 5) is 0. The van der Waals surface area contributed by atoms with Crippen molar-refractivity contribution >= 4 is 6.01 Å². The van der Waals surface area contributed by atoms with Gasteiger partial charge in [-0.1, -0.05) is 5.10 Å². The van der Waals surface area contributed by atoms with Crippen molar-refractivity contribution in [3.05, 3.63) is 6.39 Å². The summed E-state index contributed by atoms with van der Waals surface area (Å²) in [6, 6.07) is 0.479. The molecule has 0 bridgehead atoms. The predicted molar refractivity (Wildman–Crippen MR) is 28.5 cm³/mol. The number of nitrogens with zero attached hydrogens (tertiary/aromatic N) is 2. The Morgan fingerprint density at radius 3 is 3.25 bits per heavy atom. The van der Waals surface area contributed by atoms with Crippen LogP contribution in [0, 0.1) is 0 Å². The third-order valence-electron chi connectivity index (χ3n) is 0.688. The molecule has 8 heavy (non-hydrogen) atoms. The van der Waals surface area contributed by atoms with Crippen LogP contribution in [0.1, 0.15) is 6.92 Å². The lowest BCUT2D eigenvalue weighted by molar-refractivity contribution is 0.567. The molecule has 0 aliphatic rings. The lowest BCUT2D eigenvalue weighted by Gasteiger charge is -1.89. The van der Waals surface area contributed by atoms with Gasteiger partial charge < -0.3 is 9.73 Å². The van der Waals surface area contributed by atoms with Crippen molar-refractivity contribution in [2.45, 2.75) is 6.92 Å². The molecule has 1 aromatic rings. The Morgan fingerprint density at radius 2 is 2.75 bits per heavy atom. The molecule has 4 nitrogen and oxygen atoms in total. The maximum Gasteiger partial charge on any atom is 0.315 e. The fourth-order valence-corrected chi connectivity index (χ4v) is 0.401. The first kappa shape index (κ1) is 5.08. The van der Waals surface area contributed by atoms with Crippen molar-refractivity contribution in [1.82, 2.24) is 10.2 Å². The Balaban J connectivity index is 2.50. The first-order chi connectivity index (χ1) is 3.93. The number of anilines is 1.